The van der Waals surface area contributed by atoms with Crippen LogP contribution < -0.4 is 0 Å². The van der Waals surface area contributed by atoms with Crippen LogP contribution in [0.1, 0.15) is 48.1 Å². The van der Waals surface area contributed by atoms with E-state index < -0.39 is 5.60 Å². The van der Waals surface area contributed by atoms with E-state index in [4.69, 9.17) is 9.72 Å². The highest BCUT2D eigenvalue weighted by Gasteiger charge is 2.21. The van der Waals surface area contributed by atoms with Gasteiger partial charge >= 0.3 is 5.97 Å². The summed E-state index contributed by atoms with van der Waals surface area (Å²) in [5.41, 5.74) is 6.95. The molecule has 3 aromatic carbocycles. The minimum Gasteiger partial charge on any atom is -0.456 e. The van der Waals surface area contributed by atoms with E-state index in [0.717, 1.165) is 45.1 Å². The Labute approximate surface area is 211 Å². The lowest BCUT2D eigenvalue weighted by Gasteiger charge is -2.20. The molecule has 0 saturated heterocycles. The van der Waals surface area contributed by atoms with E-state index in [9.17, 15) is 4.79 Å². The molecule has 2 heterocycles. The van der Waals surface area contributed by atoms with Crippen molar-refractivity contribution in [3.05, 3.63) is 101 Å². The smallest absolute Gasteiger partial charge is 0.339 e. The fourth-order valence-electron chi connectivity index (χ4n) is 4.43. The van der Waals surface area contributed by atoms with E-state index in [0.29, 0.717) is 12.1 Å². The van der Waals surface area contributed by atoms with Gasteiger partial charge in [0.05, 0.1) is 28.8 Å². The Morgan fingerprint density at radius 1 is 0.917 bits per heavy atom. The van der Waals surface area contributed by atoms with E-state index in [1.165, 1.54) is 0 Å². The third-order valence-electron chi connectivity index (χ3n) is 5.98. The molecule has 5 aromatic rings. The molecule has 0 unspecified atom stereocenters. The minimum absolute atomic E-state index is 0.318. The highest BCUT2D eigenvalue weighted by Crippen LogP contribution is 2.27. The molecular formula is C30H30N4O2. The molecule has 0 atom stereocenters. The lowest BCUT2D eigenvalue weighted by atomic mass is 9.98. The van der Waals surface area contributed by atoms with Gasteiger partial charge in [0.1, 0.15) is 5.60 Å². The molecule has 0 saturated carbocycles. The van der Waals surface area contributed by atoms with E-state index in [1.54, 1.807) is 0 Å². The molecule has 6 nitrogen and oxygen atoms in total. The number of carbonyl (C=O) groups excluding carboxylic acids is 1. The van der Waals surface area contributed by atoms with Crippen LogP contribution in [0.5, 0.6) is 0 Å². The quantitative estimate of drug-likeness (QED) is 0.270. The zero-order valence-electron chi connectivity index (χ0n) is 21.3. The molecule has 0 bridgehead atoms. The van der Waals surface area contributed by atoms with Gasteiger partial charge in [-0.1, -0.05) is 54.6 Å². The lowest BCUT2D eigenvalue weighted by molar-refractivity contribution is 0.00704. The van der Waals surface area contributed by atoms with Gasteiger partial charge < -0.3 is 9.30 Å². The number of esters is 1. The van der Waals surface area contributed by atoms with Crippen LogP contribution in [0.4, 0.5) is 0 Å². The summed E-state index contributed by atoms with van der Waals surface area (Å²) in [6.45, 7) is 10.3. The third kappa shape index (κ3) is 4.67. The van der Waals surface area contributed by atoms with E-state index in [-0.39, 0.29) is 5.97 Å². The van der Waals surface area contributed by atoms with Crippen LogP contribution in [0, 0.1) is 13.8 Å². The van der Waals surface area contributed by atoms with Crippen molar-refractivity contribution in [2.24, 2.45) is 0 Å². The summed E-state index contributed by atoms with van der Waals surface area (Å²) in [6.07, 6.45) is 0. The number of fused-ring (bicyclic) bond motifs is 1. The van der Waals surface area contributed by atoms with Gasteiger partial charge in [-0.25, -0.2) is 14.5 Å². The predicted octanol–water partition coefficient (Wildman–Crippen LogP) is 6.51. The molecule has 5 rings (SSSR count). The molecule has 0 spiro atoms. The molecule has 182 valence electrons. The van der Waals surface area contributed by atoms with Crippen molar-refractivity contribution in [1.82, 2.24) is 19.3 Å². The van der Waals surface area contributed by atoms with Crippen LogP contribution in [-0.4, -0.2) is 30.9 Å². The van der Waals surface area contributed by atoms with Crippen molar-refractivity contribution >= 4 is 17.0 Å². The van der Waals surface area contributed by atoms with E-state index >= 15 is 0 Å². The molecular weight excluding hydrogens is 448 g/mol. The Morgan fingerprint density at radius 2 is 1.61 bits per heavy atom. The number of hydrogen-bond acceptors (Lipinski definition) is 4. The Hall–Kier alpha value is -4.19. The Kier molecular flexibility index (Phi) is 5.96. The zero-order valence-corrected chi connectivity index (χ0v) is 21.3. The van der Waals surface area contributed by atoms with E-state index in [2.05, 4.69) is 46.1 Å². The highest BCUT2D eigenvalue weighted by molar-refractivity contribution is 5.97. The fraction of sp³-hybridized carbons (Fsp3) is 0.233. The number of hydrogen-bond donors (Lipinski definition) is 0. The van der Waals surface area contributed by atoms with Crippen molar-refractivity contribution in [3.8, 4) is 17.1 Å². The molecule has 0 fully saturated rings. The molecule has 0 N–H and O–H groups in total. The molecule has 0 aliphatic carbocycles. The van der Waals surface area contributed by atoms with Gasteiger partial charge in [-0.2, -0.15) is 5.10 Å². The summed E-state index contributed by atoms with van der Waals surface area (Å²) >= 11 is 0. The second kappa shape index (κ2) is 9.11. The maximum absolute atomic E-state index is 12.8. The second-order valence-corrected chi connectivity index (χ2v) is 10.1. The van der Waals surface area contributed by atoms with Gasteiger partial charge in [0, 0.05) is 5.69 Å². The number of imidazole rings is 1. The average molecular weight is 479 g/mol. The van der Waals surface area contributed by atoms with Gasteiger partial charge in [-0.15, -0.1) is 0 Å². The van der Waals surface area contributed by atoms with Crippen LogP contribution in [-0.2, 0) is 11.3 Å². The number of benzene rings is 3. The number of nitrogens with zero attached hydrogens (tertiary/aromatic N) is 4. The van der Waals surface area contributed by atoms with Crippen LogP contribution in [0.2, 0.25) is 0 Å². The van der Waals surface area contributed by atoms with Crippen molar-refractivity contribution in [1.29, 1.82) is 0 Å². The SMILES string of the molecule is Cc1cc(C)n(-c2nc3ccccc3n2Cc2ccc(-c3ccccc3C(=O)OC(C)(C)C)cc2)n1. The normalized spacial score (nSPS) is 11.7. The number of para-hydroxylation sites is 2. The zero-order chi connectivity index (χ0) is 25.4. The third-order valence-corrected chi connectivity index (χ3v) is 5.98. The Morgan fingerprint density at radius 3 is 2.31 bits per heavy atom. The first-order valence-corrected chi connectivity index (χ1v) is 12.1. The first kappa shape index (κ1) is 23.5. The molecule has 0 aliphatic rings. The largest absolute Gasteiger partial charge is 0.456 e. The van der Waals surface area contributed by atoms with Gasteiger partial charge in [0.25, 0.3) is 0 Å². The van der Waals surface area contributed by atoms with Crippen molar-refractivity contribution < 1.29 is 9.53 Å². The first-order valence-electron chi connectivity index (χ1n) is 12.1. The van der Waals surface area contributed by atoms with Crippen LogP contribution >= 0.6 is 0 Å². The topological polar surface area (TPSA) is 61.9 Å². The standard InChI is InChI=1S/C30H30N4O2/c1-20-18-21(2)34(32-20)29-31-26-12-8-9-13-27(26)33(29)19-22-14-16-23(17-15-22)24-10-6-7-11-25(24)28(35)36-30(3,4)5/h6-18H,19H2,1-5H3. The summed E-state index contributed by atoms with van der Waals surface area (Å²) in [5, 5.41) is 4.67. The first-order chi connectivity index (χ1) is 17.2. The number of carbonyl (C=O) groups is 1. The summed E-state index contributed by atoms with van der Waals surface area (Å²) in [7, 11) is 0. The van der Waals surface area contributed by atoms with Crippen molar-refractivity contribution in [2.75, 3.05) is 0 Å². The number of rotatable bonds is 5. The van der Waals surface area contributed by atoms with Gasteiger partial charge in [-0.3, -0.25) is 0 Å². The van der Waals surface area contributed by atoms with Gasteiger partial charge in [-0.05, 0) is 75.6 Å². The molecule has 6 heteroatoms. The predicted molar refractivity (Wildman–Crippen MR) is 142 cm³/mol. The van der Waals surface area contributed by atoms with Crippen LogP contribution in [0.3, 0.4) is 0 Å². The summed E-state index contributed by atoms with van der Waals surface area (Å²) in [4.78, 5) is 17.7. The highest BCUT2D eigenvalue weighted by atomic mass is 16.6. The maximum atomic E-state index is 12.8. The van der Waals surface area contributed by atoms with E-state index in [1.807, 2.05) is 81.8 Å². The van der Waals surface area contributed by atoms with Gasteiger partial charge in [0.2, 0.25) is 5.95 Å². The van der Waals surface area contributed by atoms with Gasteiger partial charge in [0.15, 0.2) is 0 Å². The summed E-state index contributed by atoms with van der Waals surface area (Å²) in [6, 6.07) is 26.1. The maximum Gasteiger partial charge on any atom is 0.339 e. The van der Waals surface area contributed by atoms with Crippen LogP contribution in [0.25, 0.3) is 28.1 Å². The number of ether oxygens (including phenoxy) is 1. The average Bonchev–Trinajstić information content (AvgIpc) is 3.37. The lowest BCUT2D eigenvalue weighted by Crippen LogP contribution is -2.24. The summed E-state index contributed by atoms with van der Waals surface area (Å²) < 4.78 is 9.73. The molecule has 2 aromatic heterocycles. The fourth-order valence-corrected chi connectivity index (χ4v) is 4.43. The van der Waals surface area contributed by atoms with Crippen LogP contribution in [0.15, 0.2) is 78.9 Å². The molecule has 0 radical (unpaired) electrons. The minimum atomic E-state index is -0.551. The number of aromatic nitrogens is 4. The Bertz CT molecular complexity index is 1550. The summed E-state index contributed by atoms with van der Waals surface area (Å²) in [5.74, 6) is 0.475. The molecule has 0 aliphatic heterocycles. The molecule has 0 amide bonds. The molecule has 36 heavy (non-hydrogen) atoms. The second-order valence-electron chi connectivity index (χ2n) is 10.1. The monoisotopic (exact) mass is 478 g/mol. The Balaban J connectivity index is 1.49. The van der Waals surface area contributed by atoms with Crippen molar-refractivity contribution in [2.45, 2.75) is 46.8 Å². The van der Waals surface area contributed by atoms with Crippen molar-refractivity contribution in [3.63, 3.8) is 0 Å². The number of aryl methyl sites for hydroxylation is 2.